The van der Waals surface area contributed by atoms with Crippen molar-refractivity contribution >= 4 is 22.8 Å². The van der Waals surface area contributed by atoms with Gasteiger partial charge in [-0.15, -0.1) is 0 Å². The zero-order valence-corrected chi connectivity index (χ0v) is 11.4. The maximum atomic E-state index is 13.1. The molecule has 1 N–H and O–H groups in total. The zero-order chi connectivity index (χ0) is 15.2. The molecule has 21 heavy (non-hydrogen) atoms. The lowest BCUT2D eigenvalue weighted by molar-refractivity contribution is -0.147. The van der Waals surface area contributed by atoms with Gasteiger partial charge >= 0.3 is 5.97 Å². The van der Waals surface area contributed by atoms with Crippen molar-refractivity contribution in [1.82, 2.24) is 4.90 Å². The monoisotopic (exact) mass is 291 g/mol. The van der Waals surface area contributed by atoms with E-state index < -0.39 is 17.2 Å². The number of benzene rings is 1. The molecule has 2 heterocycles. The molecule has 0 spiro atoms. The van der Waals surface area contributed by atoms with Gasteiger partial charge in [-0.05, 0) is 37.6 Å². The Bertz CT molecular complexity index is 738. The minimum Gasteiger partial charge on any atom is -0.481 e. The number of halogens is 1. The van der Waals surface area contributed by atoms with Crippen LogP contribution >= 0.6 is 0 Å². The average molecular weight is 291 g/mol. The first-order chi connectivity index (χ1) is 9.89. The normalized spacial score (nSPS) is 21.9. The predicted octanol–water partition coefficient (Wildman–Crippen LogP) is 2.51. The van der Waals surface area contributed by atoms with Crippen LogP contribution in [0.5, 0.6) is 0 Å². The number of aliphatic carboxylic acids is 1. The summed E-state index contributed by atoms with van der Waals surface area (Å²) >= 11 is 0. The standard InChI is InChI=1S/C15H14FNO4/c1-15(14(19)20)4-5-17(8-15)13(18)12-7-9-6-10(16)2-3-11(9)21-12/h2-3,6-7H,4-5,8H2,1H3,(H,19,20). The largest absolute Gasteiger partial charge is 0.481 e. The average Bonchev–Trinajstić information content (AvgIpc) is 3.02. The highest BCUT2D eigenvalue weighted by molar-refractivity contribution is 5.96. The third-order valence-corrected chi connectivity index (χ3v) is 3.97. The molecule has 5 nitrogen and oxygen atoms in total. The Morgan fingerprint density at radius 2 is 2.14 bits per heavy atom. The maximum absolute atomic E-state index is 13.1. The second-order valence-corrected chi connectivity index (χ2v) is 5.64. The summed E-state index contributed by atoms with van der Waals surface area (Å²) in [6.07, 6.45) is 0.406. The summed E-state index contributed by atoms with van der Waals surface area (Å²) in [5, 5.41) is 9.70. The van der Waals surface area contributed by atoms with Crippen LogP contribution < -0.4 is 0 Å². The lowest BCUT2D eigenvalue weighted by Gasteiger charge is -2.19. The van der Waals surface area contributed by atoms with Crippen LogP contribution in [-0.4, -0.2) is 35.0 Å². The second-order valence-electron chi connectivity index (χ2n) is 5.64. The van der Waals surface area contributed by atoms with Crippen LogP contribution in [0, 0.1) is 11.2 Å². The van der Waals surface area contributed by atoms with E-state index in [9.17, 15) is 19.1 Å². The maximum Gasteiger partial charge on any atom is 0.311 e. The van der Waals surface area contributed by atoms with E-state index in [-0.39, 0.29) is 18.2 Å². The van der Waals surface area contributed by atoms with Crippen molar-refractivity contribution in [2.75, 3.05) is 13.1 Å². The summed E-state index contributed by atoms with van der Waals surface area (Å²) in [5.41, 5.74) is -0.492. The molecular formula is C15H14FNO4. The van der Waals surface area contributed by atoms with Crippen LogP contribution in [-0.2, 0) is 4.79 Å². The van der Waals surface area contributed by atoms with Crippen molar-refractivity contribution in [3.8, 4) is 0 Å². The predicted molar refractivity (Wildman–Crippen MR) is 72.4 cm³/mol. The van der Waals surface area contributed by atoms with Gasteiger partial charge in [0.1, 0.15) is 11.4 Å². The Morgan fingerprint density at radius 1 is 1.38 bits per heavy atom. The van der Waals surface area contributed by atoms with Crippen molar-refractivity contribution in [2.45, 2.75) is 13.3 Å². The SMILES string of the molecule is CC1(C(=O)O)CCN(C(=O)c2cc3cc(F)ccc3o2)C1. The van der Waals surface area contributed by atoms with Gasteiger partial charge in [0.15, 0.2) is 5.76 Å². The van der Waals surface area contributed by atoms with E-state index in [0.29, 0.717) is 23.9 Å². The fourth-order valence-corrected chi connectivity index (χ4v) is 2.58. The van der Waals surface area contributed by atoms with Gasteiger partial charge in [0, 0.05) is 18.5 Å². The molecule has 1 aliphatic rings. The summed E-state index contributed by atoms with van der Waals surface area (Å²) in [6, 6.07) is 5.50. The Balaban J connectivity index is 1.86. The number of hydrogen-bond acceptors (Lipinski definition) is 3. The number of nitrogens with zero attached hydrogens (tertiary/aromatic N) is 1. The summed E-state index contributed by atoms with van der Waals surface area (Å²) in [5.74, 6) is -1.58. The second kappa shape index (κ2) is 4.58. The molecule has 1 aromatic heterocycles. The van der Waals surface area contributed by atoms with Crippen molar-refractivity contribution in [1.29, 1.82) is 0 Å². The van der Waals surface area contributed by atoms with Gasteiger partial charge < -0.3 is 14.4 Å². The smallest absolute Gasteiger partial charge is 0.311 e. The first-order valence-electron chi connectivity index (χ1n) is 6.61. The third kappa shape index (κ3) is 2.26. The third-order valence-electron chi connectivity index (χ3n) is 3.97. The Hall–Kier alpha value is -2.37. The topological polar surface area (TPSA) is 70.8 Å². The number of carbonyl (C=O) groups is 2. The van der Waals surface area contributed by atoms with Gasteiger partial charge in [-0.1, -0.05) is 0 Å². The number of fused-ring (bicyclic) bond motifs is 1. The minimum absolute atomic E-state index is 0.102. The fourth-order valence-electron chi connectivity index (χ4n) is 2.58. The highest BCUT2D eigenvalue weighted by Crippen LogP contribution is 2.31. The molecule has 3 rings (SSSR count). The Kier molecular flexibility index (Phi) is 2.97. The van der Waals surface area contributed by atoms with Gasteiger partial charge in [0.05, 0.1) is 5.41 Å². The van der Waals surface area contributed by atoms with E-state index in [1.54, 1.807) is 6.92 Å². The van der Waals surface area contributed by atoms with Crippen molar-refractivity contribution in [3.05, 3.63) is 35.8 Å². The van der Waals surface area contributed by atoms with Crippen LogP contribution in [0.1, 0.15) is 23.9 Å². The highest BCUT2D eigenvalue weighted by Gasteiger charge is 2.42. The number of carboxylic acids is 1. The Morgan fingerprint density at radius 3 is 2.81 bits per heavy atom. The van der Waals surface area contributed by atoms with E-state index in [1.807, 2.05) is 0 Å². The van der Waals surface area contributed by atoms with E-state index in [1.165, 1.54) is 29.2 Å². The fraction of sp³-hybridized carbons (Fsp3) is 0.333. The van der Waals surface area contributed by atoms with E-state index in [2.05, 4.69) is 0 Å². The number of carbonyl (C=O) groups excluding carboxylic acids is 1. The van der Waals surface area contributed by atoms with Gasteiger partial charge in [0.2, 0.25) is 0 Å². The summed E-state index contributed by atoms with van der Waals surface area (Å²) in [4.78, 5) is 25.0. The molecule has 0 radical (unpaired) electrons. The van der Waals surface area contributed by atoms with E-state index in [4.69, 9.17) is 4.42 Å². The number of amides is 1. The van der Waals surface area contributed by atoms with E-state index >= 15 is 0 Å². The molecule has 0 saturated carbocycles. The number of hydrogen-bond donors (Lipinski definition) is 1. The molecule has 0 bridgehead atoms. The van der Waals surface area contributed by atoms with Gasteiger partial charge in [-0.25, -0.2) is 4.39 Å². The molecule has 6 heteroatoms. The molecular weight excluding hydrogens is 277 g/mol. The molecule has 1 aromatic carbocycles. The van der Waals surface area contributed by atoms with Crippen LogP contribution in [0.2, 0.25) is 0 Å². The number of carboxylic acid groups (broad SMARTS) is 1. The van der Waals surface area contributed by atoms with Crippen LogP contribution in [0.3, 0.4) is 0 Å². The van der Waals surface area contributed by atoms with Crippen LogP contribution in [0.4, 0.5) is 4.39 Å². The van der Waals surface area contributed by atoms with Crippen molar-refractivity contribution in [3.63, 3.8) is 0 Å². The van der Waals surface area contributed by atoms with Gasteiger partial charge in [0.25, 0.3) is 5.91 Å². The molecule has 0 aliphatic carbocycles. The molecule has 1 atom stereocenters. The summed E-state index contributed by atoms with van der Waals surface area (Å²) < 4.78 is 18.6. The first-order valence-corrected chi connectivity index (χ1v) is 6.61. The summed E-state index contributed by atoms with van der Waals surface area (Å²) in [6.45, 7) is 2.14. The highest BCUT2D eigenvalue weighted by atomic mass is 19.1. The van der Waals surface area contributed by atoms with E-state index in [0.717, 1.165) is 0 Å². The minimum atomic E-state index is -0.923. The van der Waals surface area contributed by atoms with Gasteiger partial charge in [-0.3, -0.25) is 9.59 Å². The molecule has 110 valence electrons. The van der Waals surface area contributed by atoms with Crippen molar-refractivity contribution in [2.24, 2.45) is 5.41 Å². The molecule has 1 saturated heterocycles. The van der Waals surface area contributed by atoms with Crippen LogP contribution in [0.25, 0.3) is 11.0 Å². The molecule has 1 unspecified atom stereocenters. The zero-order valence-electron chi connectivity index (χ0n) is 11.4. The van der Waals surface area contributed by atoms with Crippen molar-refractivity contribution < 1.29 is 23.5 Å². The molecule has 1 aliphatic heterocycles. The molecule has 1 amide bonds. The quantitative estimate of drug-likeness (QED) is 0.923. The van der Waals surface area contributed by atoms with Gasteiger partial charge in [-0.2, -0.15) is 0 Å². The lowest BCUT2D eigenvalue weighted by Crippen LogP contribution is -2.34. The lowest BCUT2D eigenvalue weighted by atomic mass is 9.90. The molecule has 1 fully saturated rings. The first kappa shape index (κ1) is 13.6. The Labute approximate surface area is 119 Å². The summed E-state index contributed by atoms with van der Waals surface area (Å²) in [7, 11) is 0. The molecule has 2 aromatic rings. The number of rotatable bonds is 2. The number of furan rings is 1. The number of likely N-dealkylation sites (tertiary alicyclic amines) is 1. The van der Waals surface area contributed by atoms with Crippen LogP contribution in [0.15, 0.2) is 28.7 Å².